The Morgan fingerprint density at radius 1 is 1.00 bits per heavy atom. The van der Waals surface area contributed by atoms with E-state index in [4.69, 9.17) is 14.2 Å². The molecule has 1 aliphatic carbocycles. The minimum atomic E-state index is 0.534. The number of hydrogen-bond acceptors (Lipinski definition) is 4. The van der Waals surface area contributed by atoms with Crippen molar-refractivity contribution in [1.29, 1.82) is 0 Å². The van der Waals surface area contributed by atoms with Crippen LogP contribution < -0.4 is 19.5 Å². The Morgan fingerprint density at radius 3 is 2.14 bits per heavy atom. The van der Waals surface area contributed by atoms with Crippen LogP contribution in [0.15, 0.2) is 12.1 Å². The quantitative estimate of drug-likeness (QED) is 0.857. The normalized spacial score (nSPS) is 21.7. The van der Waals surface area contributed by atoms with Crippen molar-refractivity contribution in [2.24, 2.45) is 5.92 Å². The maximum absolute atomic E-state index is 5.42. The average molecular weight is 293 g/mol. The first-order valence-electron chi connectivity index (χ1n) is 7.80. The summed E-state index contributed by atoms with van der Waals surface area (Å²) in [6.07, 6.45) is 6.43. The molecule has 1 aromatic rings. The number of nitrogens with one attached hydrogen (secondary N) is 1. The lowest BCUT2D eigenvalue weighted by atomic mass is 9.83. The summed E-state index contributed by atoms with van der Waals surface area (Å²) in [7, 11) is 4.93. The summed E-state index contributed by atoms with van der Waals surface area (Å²) in [5.41, 5.74) is 1.04. The third-order valence-electron chi connectivity index (χ3n) is 4.45. The van der Waals surface area contributed by atoms with Gasteiger partial charge in [0.05, 0.1) is 21.3 Å². The van der Waals surface area contributed by atoms with Crippen LogP contribution in [0.4, 0.5) is 5.69 Å². The highest BCUT2D eigenvalue weighted by Gasteiger charge is 2.24. The Balaban J connectivity index is 2.23. The minimum absolute atomic E-state index is 0.534. The molecule has 0 amide bonds. The molecule has 0 saturated heterocycles. The van der Waals surface area contributed by atoms with E-state index in [2.05, 4.69) is 12.2 Å². The zero-order valence-electron chi connectivity index (χ0n) is 13.6. The molecule has 21 heavy (non-hydrogen) atoms. The fourth-order valence-corrected chi connectivity index (χ4v) is 3.26. The van der Waals surface area contributed by atoms with Crippen LogP contribution >= 0.6 is 0 Å². The zero-order valence-corrected chi connectivity index (χ0v) is 13.6. The second kappa shape index (κ2) is 7.43. The lowest BCUT2D eigenvalue weighted by Gasteiger charge is -2.32. The fraction of sp³-hybridized carbons (Fsp3) is 0.647. The summed E-state index contributed by atoms with van der Waals surface area (Å²) < 4.78 is 16.2. The largest absolute Gasteiger partial charge is 0.493 e. The van der Waals surface area contributed by atoms with Crippen LogP contribution in [-0.2, 0) is 0 Å². The van der Waals surface area contributed by atoms with Gasteiger partial charge in [-0.3, -0.25) is 0 Å². The predicted molar refractivity (Wildman–Crippen MR) is 85.8 cm³/mol. The van der Waals surface area contributed by atoms with Gasteiger partial charge in [0.15, 0.2) is 11.5 Å². The molecule has 0 aromatic heterocycles. The number of hydrogen-bond donors (Lipinski definition) is 1. The molecule has 4 heteroatoms. The highest BCUT2D eigenvalue weighted by molar-refractivity contribution is 5.62. The Morgan fingerprint density at radius 2 is 1.62 bits per heavy atom. The predicted octanol–water partition coefficient (Wildman–Crippen LogP) is 4.09. The molecule has 4 nitrogen and oxygen atoms in total. The van der Waals surface area contributed by atoms with E-state index in [0.717, 1.165) is 11.6 Å². The second-order valence-electron chi connectivity index (χ2n) is 5.62. The van der Waals surface area contributed by atoms with Gasteiger partial charge >= 0.3 is 0 Å². The number of rotatable bonds is 6. The highest BCUT2D eigenvalue weighted by atomic mass is 16.5. The van der Waals surface area contributed by atoms with Crippen LogP contribution in [0, 0.1) is 5.92 Å². The van der Waals surface area contributed by atoms with Gasteiger partial charge in [-0.2, -0.15) is 0 Å². The lowest BCUT2D eigenvalue weighted by molar-refractivity contribution is 0.315. The summed E-state index contributed by atoms with van der Waals surface area (Å²) in [6, 6.07) is 4.51. The molecular formula is C17H27NO3. The number of benzene rings is 1. The Hall–Kier alpha value is -1.58. The van der Waals surface area contributed by atoms with Gasteiger partial charge in [-0.1, -0.05) is 26.2 Å². The molecule has 1 N–H and O–H groups in total. The van der Waals surface area contributed by atoms with Crippen molar-refractivity contribution < 1.29 is 14.2 Å². The van der Waals surface area contributed by atoms with Crippen LogP contribution in [-0.4, -0.2) is 27.4 Å². The first-order valence-corrected chi connectivity index (χ1v) is 7.80. The third-order valence-corrected chi connectivity index (χ3v) is 4.45. The van der Waals surface area contributed by atoms with Crippen molar-refractivity contribution in [3.8, 4) is 17.2 Å². The molecule has 0 radical (unpaired) electrons. The molecule has 0 bridgehead atoms. The van der Waals surface area contributed by atoms with E-state index in [1.54, 1.807) is 21.3 Å². The number of methoxy groups -OCH3 is 3. The van der Waals surface area contributed by atoms with Crippen LogP contribution in [0.1, 0.15) is 39.0 Å². The van der Waals surface area contributed by atoms with Gasteiger partial charge in [-0.25, -0.2) is 0 Å². The molecular weight excluding hydrogens is 266 g/mol. The monoisotopic (exact) mass is 293 g/mol. The lowest BCUT2D eigenvalue weighted by Crippen LogP contribution is -2.31. The van der Waals surface area contributed by atoms with Gasteiger partial charge in [0.25, 0.3) is 0 Å². The molecule has 2 atom stereocenters. The Labute approximate surface area is 127 Å². The van der Waals surface area contributed by atoms with Crippen molar-refractivity contribution in [2.45, 2.75) is 45.1 Å². The van der Waals surface area contributed by atoms with E-state index in [9.17, 15) is 0 Å². The van der Waals surface area contributed by atoms with Crippen LogP contribution in [0.2, 0.25) is 0 Å². The highest BCUT2D eigenvalue weighted by Crippen LogP contribution is 2.41. The van der Waals surface area contributed by atoms with Gasteiger partial charge < -0.3 is 19.5 Å². The summed E-state index contributed by atoms with van der Waals surface area (Å²) >= 11 is 0. The standard InChI is InChI=1S/C17H27NO3/c1-5-12-8-6-7-9-14(12)18-13-10-15(19-2)17(21-4)16(11-13)20-3/h10-12,14,18H,5-9H2,1-4H3. The number of anilines is 1. The summed E-state index contributed by atoms with van der Waals surface area (Å²) in [5, 5.41) is 3.67. The molecule has 0 spiro atoms. The van der Waals surface area contributed by atoms with Crippen molar-refractivity contribution in [1.82, 2.24) is 0 Å². The van der Waals surface area contributed by atoms with E-state index < -0.39 is 0 Å². The van der Waals surface area contributed by atoms with Crippen molar-refractivity contribution in [3.05, 3.63) is 12.1 Å². The molecule has 1 aliphatic rings. The van der Waals surface area contributed by atoms with Crippen LogP contribution in [0.5, 0.6) is 17.2 Å². The van der Waals surface area contributed by atoms with Crippen LogP contribution in [0.3, 0.4) is 0 Å². The van der Waals surface area contributed by atoms with Gasteiger partial charge in [0, 0.05) is 23.9 Å². The van der Waals surface area contributed by atoms with Gasteiger partial charge in [-0.05, 0) is 18.8 Å². The first kappa shape index (κ1) is 15.8. The first-order chi connectivity index (χ1) is 10.2. The summed E-state index contributed by atoms with van der Waals surface area (Å²) in [6.45, 7) is 2.28. The van der Waals surface area contributed by atoms with Gasteiger partial charge in [-0.15, -0.1) is 0 Å². The van der Waals surface area contributed by atoms with E-state index in [1.165, 1.54) is 32.1 Å². The van der Waals surface area contributed by atoms with E-state index >= 15 is 0 Å². The molecule has 0 aliphatic heterocycles. The smallest absolute Gasteiger partial charge is 0.203 e. The maximum atomic E-state index is 5.42. The van der Waals surface area contributed by atoms with Gasteiger partial charge in [0.2, 0.25) is 5.75 Å². The van der Waals surface area contributed by atoms with Crippen molar-refractivity contribution in [3.63, 3.8) is 0 Å². The molecule has 2 unspecified atom stereocenters. The molecule has 2 rings (SSSR count). The minimum Gasteiger partial charge on any atom is -0.493 e. The summed E-state index contributed by atoms with van der Waals surface area (Å²) in [5.74, 6) is 2.78. The molecule has 1 saturated carbocycles. The van der Waals surface area contributed by atoms with Crippen molar-refractivity contribution >= 4 is 5.69 Å². The van der Waals surface area contributed by atoms with E-state index in [1.807, 2.05) is 12.1 Å². The molecule has 0 heterocycles. The summed E-state index contributed by atoms with van der Waals surface area (Å²) in [4.78, 5) is 0. The second-order valence-corrected chi connectivity index (χ2v) is 5.62. The van der Waals surface area contributed by atoms with E-state index in [-0.39, 0.29) is 0 Å². The third kappa shape index (κ3) is 3.55. The van der Waals surface area contributed by atoms with Crippen molar-refractivity contribution in [2.75, 3.05) is 26.6 Å². The topological polar surface area (TPSA) is 39.7 Å². The molecule has 118 valence electrons. The maximum Gasteiger partial charge on any atom is 0.203 e. The fourth-order valence-electron chi connectivity index (χ4n) is 3.26. The zero-order chi connectivity index (χ0) is 15.2. The SMILES string of the molecule is CCC1CCCCC1Nc1cc(OC)c(OC)c(OC)c1. The average Bonchev–Trinajstić information content (AvgIpc) is 2.54. The van der Waals surface area contributed by atoms with Gasteiger partial charge in [0.1, 0.15) is 0 Å². The molecule has 1 aromatic carbocycles. The van der Waals surface area contributed by atoms with Crippen LogP contribution in [0.25, 0.3) is 0 Å². The Bertz CT molecular complexity index is 436. The Kier molecular flexibility index (Phi) is 5.59. The van der Waals surface area contributed by atoms with E-state index in [0.29, 0.717) is 23.3 Å². The molecule has 1 fully saturated rings. The number of ether oxygens (including phenoxy) is 3.